The molecule has 0 fully saturated rings. The zero-order chi connectivity index (χ0) is 21.0. The molecule has 0 aliphatic carbocycles. The molecule has 2 N–H and O–H groups in total. The summed E-state index contributed by atoms with van der Waals surface area (Å²) in [5, 5.41) is 6.47. The van der Waals surface area contributed by atoms with Crippen molar-refractivity contribution in [1.82, 2.24) is 4.98 Å². The van der Waals surface area contributed by atoms with E-state index in [-0.39, 0.29) is 18.4 Å². The Morgan fingerprint density at radius 2 is 1.79 bits per heavy atom. The largest absolute Gasteiger partial charge is 0.495 e. The van der Waals surface area contributed by atoms with E-state index in [1.807, 2.05) is 31.2 Å². The number of rotatable bonds is 6. The summed E-state index contributed by atoms with van der Waals surface area (Å²) in [4.78, 5) is 29.2. The molecule has 1 aromatic heterocycles. The van der Waals surface area contributed by atoms with E-state index >= 15 is 0 Å². The lowest BCUT2D eigenvalue weighted by atomic mass is 10.1. The van der Waals surface area contributed by atoms with Gasteiger partial charge in [-0.2, -0.15) is 0 Å². The summed E-state index contributed by atoms with van der Waals surface area (Å²) >= 11 is 0. The van der Waals surface area contributed by atoms with Crippen LogP contribution in [0.25, 0.3) is 10.9 Å². The van der Waals surface area contributed by atoms with E-state index in [0.717, 1.165) is 16.5 Å². The highest BCUT2D eigenvalue weighted by molar-refractivity contribution is 6.07. The first-order valence-electron chi connectivity index (χ1n) is 9.07. The minimum Gasteiger partial charge on any atom is -0.495 e. The standard InChI is InChI=1S/C22H23N3O4/c1-13-5-7-18-15(9-13)10-17(14(2)23-18)22(27)24-16-6-8-20(29-4)19(11-16)25-21(26)12-28-3/h5-11H,12H2,1-4H3,(H,24,27)(H,25,26). The van der Waals surface area contributed by atoms with Crippen LogP contribution in [0.15, 0.2) is 42.5 Å². The Morgan fingerprint density at radius 1 is 1.00 bits per heavy atom. The second kappa shape index (κ2) is 8.70. The molecule has 0 unspecified atom stereocenters. The SMILES string of the molecule is COCC(=O)Nc1cc(NC(=O)c2cc3cc(C)ccc3nc2C)ccc1OC. The molecule has 2 amide bonds. The second-order valence-electron chi connectivity index (χ2n) is 6.67. The van der Waals surface area contributed by atoms with Crippen LogP contribution in [-0.2, 0) is 9.53 Å². The maximum absolute atomic E-state index is 12.9. The van der Waals surface area contributed by atoms with Crippen molar-refractivity contribution in [2.75, 3.05) is 31.5 Å². The molecule has 0 spiro atoms. The normalized spacial score (nSPS) is 10.6. The fraction of sp³-hybridized carbons (Fsp3) is 0.227. The first kappa shape index (κ1) is 20.3. The van der Waals surface area contributed by atoms with Crippen molar-refractivity contribution in [1.29, 1.82) is 0 Å². The average Bonchev–Trinajstić information content (AvgIpc) is 2.68. The third-order valence-corrected chi connectivity index (χ3v) is 4.41. The topological polar surface area (TPSA) is 89.6 Å². The maximum Gasteiger partial charge on any atom is 0.257 e. The van der Waals surface area contributed by atoms with E-state index in [4.69, 9.17) is 9.47 Å². The molecule has 7 nitrogen and oxygen atoms in total. The molecule has 0 atom stereocenters. The first-order chi connectivity index (χ1) is 13.9. The molecule has 0 bridgehead atoms. The van der Waals surface area contributed by atoms with Crippen molar-refractivity contribution in [3.05, 3.63) is 59.3 Å². The molecule has 3 aromatic rings. The smallest absolute Gasteiger partial charge is 0.257 e. The Hall–Kier alpha value is -3.45. The van der Waals surface area contributed by atoms with Gasteiger partial charge in [0.15, 0.2) is 0 Å². The van der Waals surface area contributed by atoms with Crippen molar-refractivity contribution in [3.8, 4) is 5.75 Å². The van der Waals surface area contributed by atoms with Crippen LogP contribution >= 0.6 is 0 Å². The lowest BCUT2D eigenvalue weighted by molar-refractivity contribution is -0.119. The van der Waals surface area contributed by atoms with Crippen LogP contribution < -0.4 is 15.4 Å². The highest BCUT2D eigenvalue weighted by atomic mass is 16.5. The van der Waals surface area contributed by atoms with E-state index in [2.05, 4.69) is 15.6 Å². The van der Waals surface area contributed by atoms with Gasteiger partial charge in [0.1, 0.15) is 12.4 Å². The Labute approximate surface area is 169 Å². The molecule has 0 aliphatic rings. The third-order valence-electron chi connectivity index (χ3n) is 4.41. The number of aryl methyl sites for hydroxylation is 2. The van der Waals surface area contributed by atoms with E-state index in [9.17, 15) is 9.59 Å². The zero-order valence-corrected chi connectivity index (χ0v) is 16.8. The van der Waals surface area contributed by atoms with Gasteiger partial charge in [-0.25, -0.2) is 0 Å². The maximum atomic E-state index is 12.9. The fourth-order valence-corrected chi connectivity index (χ4v) is 3.02. The number of ether oxygens (including phenoxy) is 2. The Morgan fingerprint density at radius 3 is 2.52 bits per heavy atom. The van der Waals surface area contributed by atoms with Gasteiger partial charge in [-0.3, -0.25) is 14.6 Å². The summed E-state index contributed by atoms with van der Waals surface area (Å²) in [7, 11) is 2.94. The number of anilines is 2. The van der Waals surface area contributed by atoms with Gasteiger partial charge in [-0.1, -0.05) is 11.6 Å². The van der Waals surface area contributed by atoms with Gasteiger partial charge < -0.3 is 20.1 Å². The van der Waals surface area contributed by atoms with Gasteiger partial charge in [0.05, 0.1) is 29.6 Å². The fourth-order valence-electron chi connectivity index (χ4n) is 3.02. The number of fused-ring (bicyclic) bond motifs is 1. The van der Waals surface area contributed by atoms with Crippen LogP contribution in [0.5, 0.6) is 5.75 Å². The summed E-state index contributed by atoms with van der Waals surface area (Å²) in [5.74, 6) is -0.122. The molecule has 0 aliphatic heterocycles. The van der Waals surface area contributed by atoms with Crippen molar-refractivity contribution < 1.29 is 19.1 Å². The number of amides is 2. The van der Waals surface area contributed by atoms with Gasteiger partial charge in [0.2, 0.25) is 5.91 Å². The molecule has 1 heterocycles. The molecular formula is C22H23N3O4. The van der Waals surface area contributed by atoms with Gasteiger partial charge >= 0.3 is 0 Å². The van der Waals surface area contributed by atoms with E-state index in [0.29, 0.717) is 28.4 Å². The second-order valence-corrected chi connectivity index (χ2v) is 6.67. The van der Waals surface area contributed by atoms with Crippen LogP contribution in [0, 0.1) is 13.8 Å². The van der Waals surface area contributed by atoms with Crippen LogP contribution in [0.2, 0.25) is 0 Å². The molecule has 29 heavy (non-hydrogen) atoms. The highest BCUT2D eigenvalue weighted by Crippen LogP contribution is 2.28. The number of methoxy groups -OCH3 is 2. The van der Waals surface area contributed by atoms with Crippen LogP contribution in [0.1, 0.15) is 21.6 Å². The molecular weight excluding hydrogens is 370 g/mol. The lowest BCUT2D eigenvalue weighted by Gasteiger charge is -2.13. The highest BCUT2D eigenvalue weighted by Gasteiger charge is 2.14. The average molecular weight is 393 g/mol. The van der Waals surface area contributed by atoms with Crippen LogP contribution in [0.4, 0.5) is 11.4 Å². The number of carbonyl (C=O) groups is 2. The molecule has 3 rings (SSSR count). The molecule has 7 heteroatoms. The Kier molecular flexibility index (Phi) is 6.09. The monoisotopic (exact) mass is 393 g/mol. The Bertz CT molecular complexity index is 1080. The number of benzene rings is 2. The van der Waals surface area contributed by atoms with Gasteiger partial charge in [-0.05, 0) is 50.2 Å². The van der Waals surface area contributed by atoms with Crippen molar-refractivity contribution in [3.63, 3.8) is 0 Å². The van der Waals surface area contributed by atoms with Crippen molar-refractivity contribution in [2.45, 2.75) is 13.8 Å². The number of pyridine rings is 1. The predicted octanol–water partition coefficient (Wildman–Crippen LogP) is 3.70. The predicted molar refractivity (Wildman–Crippen MR) is 113 cm³/mol. The quantitative estimate of drug-likeness (QED) is 0.667. The van der Waals surface area contributed by atoms with E-state index in [1.165, 1.54) is 14.2 Å². The van der Waals surface area contributed by atoms with Crippen molar-refractivity contribution in [2.24, 2.45) is 0 Å². The minimum atomic E-state index is -0.320. The summed E-state index contributed by atoms with van der Waals surface area (Å²) in [5.41, 5.74) is 4.03. The molecule has 0 saturated heterocycles. The summed E-state index contributed by atoms with van der Waals surface area (Å²) < 4.78 is 10.1. The number of hydrogen-bond acceptors (Lipinski definition) is 5. The van der Waals surface area contributed by atoms with Crippen LogP contribution in [0.3, 0.4) is 0 Å². The number of aromatic nitrogens is 1. The van der Waals surface area contributed by atoms with E-state index < -0.39 is 0 Å². The molecule has 0 saturated carbocycles. The zero-order valence-electron chi connectivity index (χ0n) is 16.8. The van der Waals surface area contributed by atoms with Crippen LogP contribution in [-0.4, -0.2) is 37.6 Å². The van der Waals surface area contributed by atoms with Gasteiger partial charge in [0.25, 0.3) is 5.91 Å². The number of nitrogens with one attached hydrogen (secondary N) is 2. The first-order valence-corrected chi connectivity index (χ1v) is 9.07. The van der Waals surface area contributed by atoms with Crippen molar-refractivity contribution >= 4 is 34.1 Å². The summed E-state index contributed by atoms with van der Waals surface area (Å²) in [6, 6.07) is 12.8. The third kappa shape index (κ3) is 4.70. The minimum absolute atomic E-state index is 0.0822. The molecule has 2 aromatic carbocycles. The Balaban J connectivity index is 1.87. The number of carbonyl (C=O) groups excluding carboxylic acids is 2. The number of hydrogen-bond donors (Lipinski definition) is 2. The lowest BCUT2D eigenvalue weighted by Crippen LogP contribution is -2.18. The van der Waals surface area contributed by atoms with E-state index in [1.54, 1.807) is 25.1 Å². The summed E-state index contributed by atoms with van der Waals surface area (Å²) in [6.07, 6.45) is 0. The van der Waals surface area contributed by atoms with Gasteiger partial charge in [0, 0.05) is 18.2 Å². The summed E-state index contributed by atoms with van der Waals surface area (Å²) in [6.45, 7) is 3.72. The van der Waals surface area contributed by atoms with Gasteiger partial charge in [-0.15, -0.1) is 0 Å². The number of nitrogens with zero attached hydrogens (tertiary/aromatic N) is 1. The molecule has 150 valence electrons. The molecule has 0 radical (unpaired) electrons.